The first-order valence-electron chi connectivity index (χ1n) is 3.61. The topological polar surface area (TPSA) is 26.3 Å². The molecule has 0 aliphatic carbocycles. The van der Waals surface area contributed by atoms with Gasteiger partial charge in [0.25, 0.3) is 5.78 Å². The highest BCUT2D eigenvalue weighted by Crippen LogP contribution is 2.20. The standard InChI is InChI=1S/C9H8F2O2/c1-13-9(10,11)8(12)7-5-3-2-4-6-7/h2-6H,1H3. The van der Waals surface area contributed by atoms with Crippen LogP contribution in [0, 0.1) is 0 Å². The van der Waals surface area contributed by atoms with Crippen molar-refractivity contribution in [2.45, 2.75) is 6.11 Å². The van der Waals surface area contributed by atoms with Crippen molar-refractivity contribution in [2.75, 3.05) is 7.11 Å². The molecule has 13 heavy (non-hydrogen) atoms. The first kappa shape index (κ1) is 9.80. The number of benzene rings is 1. The molecule has 2 nitrogen and oxygen atoms in total. The van der Waals surface area contributed by atoms with Crippen LogP contribution in [-0.2, 0) is 4.74 Å². The van der Waals surface area contributed by atoms with E-state index in [-0.39, 0.29) is 5.56 Å². The van der Waals surface area contributed by atoms with Gasteiger partial charge in [-0.2, -0.15) is 8.78 Å². The van der Waals surface area contributed by atoms with E-state index in [2.05, 4.69) is 4.74 Å². The maximum atomic E-state index is 12.7. The van der Waals surface area contributed by atoms with Crippen molar-refractivity contribution in [3.8, 4) is 0 Å². The number of ether oxygens (including phenoxy) is 1. The molecule has 0 fully saturated rings. The summed E-state index contributed by atoms with van der Waals surface area (Å²) in [7, 11) is 0.792. The van der Waals surface area contributed by atoms with E-state index in [1.807, 2.05) is 0 Å². The Bertz CT molecular complexity index is 296. The highest BCUT2D eigenvalue weighted by molar-refractivity contribution is 6.00. The molecule has 0 saturated carbocycles. The predicted molar refractivity (Wildman–Crippen MR) is 42.7 cm³/mol. The third kappa shape index (κ3) is 2.09. The molecule has 1 aromatic rings. The van der Waals surface area contributed by atoms with Gasteiger partial charge in [0.1, 0.15) is 0 Å². The summed E-state index contributed by atoms with van der Waals surface area (Å²) >= 11 is 0. The summed E-state index contributed by atoms with van der Waals surface area (Å²) in [6, 6.07) is 7.30. The second-order valence-corrected chi connectivity index (χ2v) is 2.42. The first-order valence-corrected chi connectivity index (χ1v) is 3.61. The van der Waals surface area contributed by atoms with Crippen LogP contribution in [0.3, 0.4) is 0 Å². The van der Waals surface area contributed by atoms with Crippen LogP contribution >= 0.6 is 0 Å². The number of Topliss-reactive ketones (excluding diaryl/α,β-unsaturated/α-hetero) is 1. The van der Waals surface area contributed by atoms with E-state index in [1.165, 1.54) is 24.3 Å². The van der Waals surface area contributed by atoms with Gasteiger partial charge < -0.3 is 4.74 Å². The zero-order chi connectivity index (χ0) is 9.90. The second kappa shape index (κ2) is 3.62. The van der Waals surface area contributed by atoms with Crippen LogP contribution in [0.4, 0.5) is 8.78 Å². The van der Waals surface area contributed by atoms with E-state index < -0.39 is 11.9 Å². The van der Waals surface area contributed by atoms with Gasteiger partial charge in [0, 0.05) is 12.7 Å². The molecular weight excluding hydrogens is 178 g/mol. The fourth-order valence-corrected chi connectivity index (χ4v) is 0.850. The second-order valence-electron chi connectivity index (χ2n) is 2.42. The number of methoxy groups -OCH3 is 1. The molecule has 1 rings (SSSR count). The number of carbonyl (C=O) groups is 1. The Morgan fingerprint density at radius 3 is 2.31 bits per heavy atom. The van der Waals surface area contributed by atoms with E-state index in [0.29, 0.717) is 0 Å². The Balaban J connectivity index is 2.93. The lowest BCUT2D eigenvalue weighted by atomic mass is 10.1. The molecule has 0 aromatic heterocycles. The zero-order valence-corrected chi connectivity index (χ0v) is 6.96. The third-order valence-electron chi connectivity index (χ3n) is 1.56. The molecule has 0 unspecified atom stereocenters. The van der Waals surface area contributed by atoms with Crippen LogP contribution < -0.4 is 0 Å². The van der Waals surface area contributed by atoms with Crippen LogP contribution in [0.1, 0.15) is 10.4 Å². The van der Waals surface area contributed by atoms with Crippen molar-refractivity contribution < 1.29 is 18.3 Å². The van der Waals surface area contributed by atoms with Gasteiger partial charge in [-0.15, -0.1) is 0 Å². The molecule has 0 aliphatic rings. The monoisotopic (exact) mass is 186 g/mol. The van der Waals surface area contributed by atoms with Crippen LogP contribution in [0.15, 0.2) is 30.3 Å². The molecule has 0 amide bonds. The van der Waals surface area contributed by atoms with Gasteiger partial charge >= 0.3 is 6.11 Å². The van der Waals surface area contributed by atoms with Crippen molar-refractivity contribution in [3.05, 3.63) is 35.9 Å². The molecule has 4 heteroatoms. The first-order chi connectivity index (χ1) is 6.08. The Morgan fingerprint density at radius 1 is 1.31 bits per heavy atom. The Labute approximate surface area is 74.1 Å². The van der Waals surface area contributed by atoms with Gasteiger partial charge in [-0.25, -0.2) is 0 Å². The molecule has 0 saturated heterocycles. The van der Waals surface area contributed by atoms with Crippen LogP contribution in [0.2, 0.25) is 0 Å². The van der Waals surface area contributed by atoms with Crippen molar-refractivity contribution in [1.82, 2.24) is 0 Å². The summed E-state index contributed by atoms with van der Waals surface area (Å²) in [5, 5.41) is 0. The minimum atomic E-state index is -3.73. The van der Waals surface area contributed by atoms with Crippen LogP contribution in [0.25, 0.3) is 0 Å². The molecule has 0 bridgehead atoms. The normalized spacial score (nSPS) is 11.3. The van der Waals surface area contributed by atoms with Crippen LogP contribution in [0.5, 0.6) is 0 Å². The van der Waals surface area contributed by atoms with Gasteiger partial charge in [-0.3, -0.25) is 4.79 Å². The average molecular weight is 186 g/mol. The van der Waals surface area contributed by atoms with Gasteiger partial charge in [0.2, 0.25) is 0 Å². The number of halogens is 2. The molecule has 0 aliphatic heterocycles. The minimum Gasteiger partial charge on any atom is -0.317 e. The lowest BCUT2D eigenvalue weighted by Gasteiger charge is -2.11. The molecule has 70 valence electrons. The Kier molecular flexibility index (Phi) is 2.72. The van der Waals surface area contributed by atoms with Gasteiger partial charge in [-0.1, -0.05) is 30.3 Å². The summed E-state index contributed by atoms with van der Waals surface area (Å²) in [4.78, 5) is 11.0. The van der Waals surface area contributed by atoms with Crippen molar-refractivity contribution >= 4 is 5.78 Å². The SMILES string of the molecule is COC(F)(F)C(=O)c1ccccc1. The van der Waals surface area contributed by atoms with Gasteiger partial charge in [-0.05, 0) is 0 Å². The Morgan fingerprint density at radius 2 is 1.85 bits per heavy atom. The predicted octanol–water partition coefficient (Wildman–Crippen LogP) is 2.11. The quantitative estimate of drug-likeness (QED) is 0.676. The zero-order valence-electron chi connectivity index (χ0n) is 6.96. The van der Waals surface area contributed by atoms with E-state index in [0.717, 1.165) is 7.11 Å². The highest BCUT2D eigenvalue weighted by Gasteiger charge is 2.39. The molecule has 0 heterocycles. The fraction of sp³-hybridized carbons (Fsp3) is 0.222. The largest absolute Gasteiger partial charge is 0.420 e. The molecule has 0 radical (unpaired) electrons. The summed E-state index contributed by atoms with van der Waals surface area (Å²) < 4.78 is 29.1. The van der Waals surface area contributed by atoms with E-state index >= 15 is 0 Å². The van der Waals surface area contributed by atoms with Crippen molar-refractivity contribution in [2.24, 2.45) is 0 Å². The van der Waals surface area contributed by atoms with E-state index in [9.17, 15) is 13.6 Å². The van der Waals surface area contributed by atoms with Crippen molar-refractivity contribution in [1.29, 1.82) is 0 Å². The highest BCUT2D eigenvalue weighted by atomic mass is 19.3. The lowest BCUT2D eigenvalue weighted by Crippen LogP contribution is -2.30. The molecule has 1 aromatic carbocycles. The van der Waals surface area contributed by atoms with E-state index in [4.69, 9.17) is 0 Å². The maximum Gasteiger partial charge on any atom is 0.420 e. The smallest absolute Gasteiger partial charge is 0.317 e. The third-order valence-corrected chi connectivity index (χ3v) is 1.56. The van der Waals surface area contributed by atoms with Gasteiger partial charge in [0.05, 0.1) is 0 Å². The summed E-state index contributed by atoms with van der Waals surface area (Å²) in [5.41, 5.74) is -0.0608. The maximum absolute atomic E-state index is 12.7. The summed E-state index contributed by atoms with van der Waals surface area (Å²) in [6.45, 7) is 0. The fourth-order valence-electron chi connectivity index (χ4n) is 0.850. The van der Waals surface area contributed by atoms with Gasteiger partial charge in [0.15, 0.2) is 0 Å². The Hall–Kier alpha value is -1.29. The lowest BCUT2D eigenvalue weighted by molar-refractivity contribution is -0.179. The molecule has 0 spiro atoms. The summed E-state index contributed by atoms with van der Waals surface area (Å²) in [5.74, 6) is -1.32. The number of hydrogen-bond donors (Lipinski definition) is 0. The number of carbonyl (C=O) groups excluding carboxylic acids is 1. The van der Waals surface area contributed by atoms with Crippen LogP contribution in [-0.4, -0.2) is 19.0 Å². The summed E-state index contributed by atoms with van der Waals surface area (Å²) in [6.07, 6.45) is -3.73. The molecular formula is C9H8F2O2. The molecule has 0 atom stereocenters. The molecule has 0 N–H and O–H groups in total. The van der Waals surface area contributed by atoms with E-state index in [1.54, 1.807) is 6.07 Å². The number of rotatable bonds is 3. The minimum absolute atomic E-state index is 0.0608. The van der Waals surface area contributed by atoms with Crippen molar-refractivity contribution in [3.63, 3.8) is 0 Å². The average Bonchev–Trinajstić information content (AvgIpc) is 2.18. The number of hydrogen-bond acceptors (Lipinski definition) is 2. The number of alkyl halides is 2. The number of ketones is 1.